The molecular formula is C44H26O. The van der Waals surface area contributed by atoms with E-state index in [1.165, 1.54) is 0 Å². The summed E-state index contributed by atoms with van der Waals surface area (Å²) in [6.45, 7) is 0. The summed E-state index contributed by atoms with van der Waals surface area (Å²) in [4.78, 5) is 0. The highest BCUT2D eigenvalue weighted by Gasteiger charge is 2.21. The third-order valence-corrected chi connectivity index (χ3v) is 8.94. The standard InChI is InChI=1S/C44H26O/c1-2-7-27(8-3-1)33-23-34(32-19-22-40-39(26-32)37-13-5-11-28-12-6-14-41(45-40)43(28)37)25-35(24-33)36-20-17-31-16-15-29-9-4-10-30-18-21-38(36)44(31)42(29)30/h1-26H/i1D,2D,3D,7D,8D,23D,24D,25D. The predicted molar refractivity (Wildman–Crippen MR) is 189 cm³/mol. The lowest BCUT2D eigenvalue weighted by atomic mass is 9.87. The molecule has 0 N–H and O–H groups in total. The van der Waals surface area contributed by atoms with Gasteiger partial charge in [0, 0.05) is 10.9 Å². The molecule has 0 aromatic heterocycles. The molecule has 0 spiro atoms. The largest absolute Gasteiger partial charge is 0.456 e. The smallest absolute Gasteiger partial charge is 0.135 e. The molecule has 1 nitrogen and oxygen atoms in total. The molecule has 1 heterocycles. The average molecular weight is 579 g/mol. The zero-order chi connectivity index (χ0) is 36.4. The van der Waals surface area contributed by atoms with Gasteiger partial charge in [0.1, 0.15) is 11.5 Å². The third-order valence-electron chi connectivity index (χ3n) is 8.94. The zero-order valence-electron chi connectivity index (χ0n) is 31.8. The molecule has 9 aromatic rings. The number of fused-ring (bicyclic) bond motifs is 2. The van der Waals surface area contributed by atoms with Crippen molar-refractivity contribution in [2.75, 3.05) is 0 Å². The van der Waals surface area contributed by atoms with Crippen LogP contribution in [0, 0.1) is 0 Å². The van der Waals surface area contributed by atoms with Crippen molar-refractivity contribution in [1.29, 1.82) is 0 Å². The van der Waals surface area contributed by atoms with Gasteiger partial charge in [0.2, 0.25) is 0 Å². The van der Waals surface area contributed by atoms with Crippen molar-refractivity contribution in [3.8, 4) is 56.0 Å². The summed E-state index contributed by atoms with van der Waals surface area (Å²) in [5.74, 6) is 1.35. The second-order valence-electron chi connectivity index (χ2n) is 11.4. The molecule has 0 saturated heterocycles. The number of hydrogen-bond donors (Lipinski definition) is 0. The molecule has 0 unspecified atom stereocenters. The molecule has 0 bridgehead atoms. The molecule has 0 aliphatic carbocycles. The van der Waals surface area contributed by atoms with E-state index in [4.69, 9.17) is 11.6 Å². The maximum absolute atomic E-state index is 9.83. The van der Waals surface area contributed by atoms with Gasteiger partial charge in [0.25, 0.3) is 0 Å². The normalized spacial score (nSPS) is 14.7. The van der Waals surface area contributed by atoms with Crippen LogP contribution >= 0.6 is 0 Å². The Kier molecular flexibility index (Phi) is 3.72. The lowest BCUT2D eigenvalue weighted by molar-refractivity contribution is 0.487. The van der Waals surface area contributed by atoms with E-state index in [0.717, 1.165) is 60.0 Å². The van der Waals surface area contributed by atoms with Gasteiger partial charge in [0.15, 0.2) is 0 Å². The molecule has 0 radical (unpaired) electrons. The Morgan fingerprint density at radius 3 is 1.87 bits per heavy atom. The highest BCUT2D eigenvalue weighted by atomic mass is 16.5. The van der Waals surface area contributed by atoms with Crippen LogP contribution < -0.4 is 4.74 Å². The Morgan fingerprint density at radius 2 is 1.04 bits per heavy atom. The number of rotatable bonds is 3. The van der Waals surface area contributed by atoms with Crippen LogP contribution in [-0.4, -0.2) is 0 Å². The molecule has 1 heteroatoms. The van der Waals surface area contributed by atoms with E-state index in [2.05, 4.69) is 24.3 Å². The number of hydrogen-bond acceptors (Lipinski definition) is 1. The summed E-state index contributed by atoms with van der Waals surface area (Å²) in [5.41, 5.74) is 2.81. The van der Waals surface area contributed by atoms with E-state index in [1.54, 1.807) is 6.07 Å². The van der Waals surface area contributed by atoms with Crippen LogP contribution in [-0.2, 0) is 0 Å². The van der Waals surface area contributed by atoms with E-state index in [9.17, 15) is 4.11 Å². The van der Waals surface area contributed by atoms with Gasteiger partial charge < -0.3 is 4.74 Å². The first kappa shape index (κ1) is 18.0. The fraction of sp³-hybridized carbons (Fsp3) is 0. The first-order valence-electron chi connectivity index (χ1n) is 18.9. The average Bonchev–Trinajstić information content (AvgIpc) is 3.17. The fourth-order valence-electron chi connectivity index (χ4n) is 6.92. The second-order valence-corrected chi connectivity index (χ2v) is 11.4. The van der Waals surface area contributed by atoms with E-state index in [1.807, 2.05) is 78.9 Å². The van der Waals surface area contributed by atoms with Crippen LogP contribution in [0.25, 0.3) is 87.6 Å². The Morgan fingerprint density at radius 1 is 0.400 bits per heavy atom. The molecule has 0 saturated carbocycles. The minimum atomic E-state index is -0.560. The summed E-state index contributed by atoms with van der Waals surface area (Å²) in [6.07, 6.45) is 0. The summed E-state index contributed by atoms with van der Waals surface area (Å²) in [5, 5.41) is 7.94. The van der Waals surface area contributed by atoms with Gasteiger partial charge in [-0.1, -0.05) is 121 Å². The monoisotopic (exact) mass is 578 g/mol. The van der Waals surface area contributed by atoms with Crippen molar-refractivity contribution in [3.63, 3.8) is 0 Å². The van der Waals surface area contributed by atoms with Gasteiger partial charge in [-0.2, -0.15) is 0 Å². The molecule has 0 atom stereocenters. The van der Waals surface area contributed by atoms with Crippen LogP contribution in [0.1, 0.15) is 11.0 Å². The van der Waals surface area contributed by atoms with Gasteiger partial charge in [-0.15, -0.1) is 0 Å². The van der Waals surface area contributed by atoms with Crippen molar-refractivity contribution < 1.29 is 15.7 Å². The van der Waals surface area contributed by atoms with Crippen LogP contribution in [0.5, 0.6) is 11.5 Å². The van der Waals surface area contributed by atoms with Gasteiger partial charge in [0.05, 0.1) is 11.0 Å². The van der Waals surface area contributed by atoms with E-state index in [-0.39, 0.29) is 40.4 Å². The maximum atomic E-state index is 9.83. The molecule has 1 aliphatic heterocycles. The first-order valence-corrected chi connectivity index (χ1v) is 14.9. The van der Waals surface area contributed by atoms with Gasteiger partial charge in [-0.3, -0.25) is 0 Å². The number of benzene rings is 9. The van der Waals surface area contributed by atoms with Crippen LogP contribution in [0.2, 0.25) is 0 Å². The van der Waals surface area contributed by atoms with Crippen molar-refractivity contribution in [2.45, 2.75) is 0 Å². The van der Waals surface area contributed by atoms with E-state index < -0.39 is 30.2 Å². The molecule has 208 valence electrons. The molecule has 45 heavy (non-hydrogen) atoms. The Balaban J connectivity index is 1.33. The SMILES string of the molecule is [2H]c1c([2H])c([2H])c(-c2c([2H])c(-c3ccc4c(c3)-c3cccc5cccc(c35)O4)c([2H])c(-c3ccc4ccc5cccc6ccc3c4c56)c2[2H])c([2H])c1[2H]. The predicted octanol–water partition coefficient (Wildman–Crippen LogP) is 12.5. The highest BCUT2D eigenvalue weighted by molar-refractivity contribution is 6.25. The molecule has 0 fully saturated rings. The fourth-order valence-corrected chi connectivity index (χ4v) is 6.92. The van der Waals surface area contributed by atoms with Crippen molar-refractivity contribution >= 4 is 43.1 Å². The second kappa shape index (κ2) is 9.29. The molecular weight excluding hydrogens is 544 g/mol. The molecule has 0 amide bonds. The lowest BCUT2D eigenvalue weighted by Crippen LogP contribution is -1.97. The number of ether oxygens (including phenoxy) is 1. The summed E-state index contributed by atoms with van der Waals surface area (Å²) >= 11 is 0. The topological polar surface area (TPSA) is 9.23 Å². The van der Waals surface area contributed by atoms with Gasteiger partial charge in [-0.25, -0.2) is 0 Å². The first-order chi connectivity index (χ1) is 25.6. The van der Waals surface area contributed by atoms with E-state index >= 15 is 0 Å². The maximum Gasteiger partial charge on any atom is 0.135 e. The van der Waals surface area contributed by atoms with Crippen molar-refractivity contribution in [1.82, 2.24) is 0 Å². The molecule has 1 aliphatic rings. The minimum Gasteiger partial charge on any atom is -0.456 e. The summed E-state index contributed by atoms with van der Waals surface area (Å²) < 4.78 is 78.5. The quantitative estimate of drug-likeness (QED) is 0.190. The van der Waals surface area contributed by atoms with Crippen molar-refractivity contribution in [2.24, 2.45) is 0 Å². The lowest BCUT2D eigenvalue weighted by Gasteiger charge is -2.22. The minimum absolute atomic E-state index is 0.0681. The summed E-state index contributed by atoms with van der Waals surface area (Å²) in [7, 11) is 0. The zero-order valence-corrected chi connectivity index (χ0v) is 23.8. The molecule has 9 aromatic carbocycles. The highest BCUT2D eigenvalue weighted by Crippen LogP contribution is 2.48. The Bertz CT molecular complexity index is 3030. The van der Waals surface area contributed by atoms with E-state index in [0.29, 0.717) is 16.9 Å². The third kappa shape index (κ3) is 3.68. The molecule has 10 rings (SSSR count). The van der Waals surface area contributed by atoms with Gasteiger partial charge in [-0.05, 0) is 113 Å². The van der Waals surface area contributed by atoms with Crippen LogP contribution in [0.3, 0.4) is 0 Å². The van der Waals surface area contributed by atoms with Crippen molar-refractivity contribution in [3.05, 3.63) is 158 Å². The van der Waals surface area contributed by atoms with Gasteiger partial charge >= 0.3 is 0 Å². The van der Waals surface area contributed by atoms with Crippen LogP contribution in [0.4, 0.5) is 0 Å². The van der Waals surface area contributed by atoms with Crippen LogP contribution in [0.15, 0.2) is 158 Å². The summed E-state index contributed by atoms with van der Waals surface area (Å²) in [6, 6.07) is 32.2. The Labute approximate surface area is 272 Å². The Hall–Kier alpha value is -5.92.